The van der Waals surface area contributed by atoms with E-state index in [1.165, 1.54) is 21.5 Å². The topological polar surface area (TPSA) is 18.5 Å². The fraction of sp³-hybridized carbons (Fsp3) is 0.400. The first-order valence-electron chi connectivity index (χ1n) is 8.53. The Morgan fingerprint density at radius 2 is 1.17 bits per heavy atom. The molecule has 2 aromatic carbocycles. The van der Waals surface area contributed by atoms with E-state index in [0.29, 0.717) is 0 Å². The number of methoxy groups -OCH3 is 2. The summed E-state index contributed by atoms with van der Waals surface area (Å²) in [5, 5.41) is 2.95. The Kier molecular flexibility index (Phi) is 6.72. The van der Waals surface area contributed by atoms with Gasteiger partial charge in [0.15, 0.2) is 0 Å². The second kappa shape index (κ2) is 8.78. The van der Waals surface area contributed by atoms with Crippen molar-refractivity contribution in [2.75, 3.05) is 14.2 Å². The number of aryl methyl sites for hydroxylation is 2. The molecule has 0 radical (unpaired) electrons. The van der Waals surface area contributed by atoms with E-state index in [9.17, 15) is 0 Å². The highest BCUT2D eigenvalue weighted by Crippen LogP contribution is 2.19. The van der Waals surface area contributed by atoms with E-state index in [4.69, 9.17) is 9.47 Å². The van der Waals surface area contributed by atoms with Crippen LogP contribution in [0.3, 0.4) is 0 Å². The van der Waals surface area contributed by atoms with Crippen molar-refractivity contribution in [1.29, 1.82) is 0 Å². The Labute approximate surface area is 142 Å². The Morgan fingerprint density at radius 1 is 0.739 bits per heavy atom. The average molecular weight is 329 g/mol. The van der Waals surface area contributed by atoms with Crippen molar-refractivity contribution >= 4 is 19.9 Å². The minimum Gasteiger partial charge on any atom is -0.496 e. The molecule has 124 valence electrons. The lowest BCUT2D eigenvalue weighted by atomic mass is 10.1. The highest BCUT2D eigenvalue weighted by molar-refractivity contribution is 6.67. The van der Waals surface area contributed by atoms with Gasteiger partial charge in [0.05, 0.1) is 23.7 Å². The molecule has 2 rings (SSSR count). The fourth-order valence-corrected chi connectivity index (χ4v) is 4.69. The third-order valence-corrected chi connectivity index (χ3v) is 5.83. The summed E-state index contributed by atoms with van der Waals surface area (Å²) in [5.41, 5.74) is 2.67. The molecule has 0 heterocycles. The number of benzene rings is 2. The van der Waals surface area contributed by atoms with Crippen molar-refractivity contribution in [3.05, 3.63) is 47.5 Å². The molecule has 0 unspecified atom stereocenters. The van der Waals surface area contributed by atoms with Gasteiger partial charge in [-0.3, -0.25) is 0 Å². The molecule has 2 aromatic rings. The second-order valence-corrected chi connectivity index (χ2v) is 7.96. The lowest BCUT2D eigenvalue weighted by Crippen LogP contribution is -2.27. The van der Waals surface area contributed by atoms with Crippen LogP contribution in [-0.2, 0) is 12.8 Å². The smallest absolute Gasteiger partial charge is 0.122 e. The predicted molar refractivity (Wildman–Crippen MR) is 102 cm³/mol. The molecular formula is C20H28O2Si. The van der Waals surface area contributed by atoms with Gasteiger partial charge in [0.1, 0.15) is 11.5 Å². The van der Waals surface area contributed by atoms with Crippen LogP contribution in [0.5, 0.6) is 11.5 Å². The molecule has 0 aliphatic carbocycles. The zero-order chi connectivity index (χ0) is 16.7. The van der Waals surface area contributed by atoms with Crippen LogP contribution in [0.2, 0.25) is 0 Å². The molecule has 0 aliphatic heterocycles. The van der Waals surface area contributed by atoms with Gasteiger partial charge in [-0.2, -0.15) is 0 Å². The standard InChI is InChI=1S/C20H28O2Si/c1-5-7-15-13-17(9-11-19(15)21-3)23-18-10-12-20(22-4)16(14-18)8-6-2/h9-14H,5-8,23H2,1-4H3. The second-order valence-electron chi connectivity index (χ2n) is 5.97. The van der Waals surface area contributed by atoms with Gasteiger partial charge in [-0.1, -0.05) is 61.3 Å². The van der Waals surface area contributed by atoms with Crippen LogP contribution < -0.4 is 19.8 Å². The summed E-state index contributed by atoms with van der Waals surface area (Å²) in [6, 6.07) is 13.4. The molecule has 2 nitrogen and oxygen atoms in total. The summed E-state index contributed by atoms with van der Waals surface area (Å²) in [4.78, 5) is 0. The zero-order valence-corrected chi connectivity index (χ0v) is 16.2. The molecule has 0 aliphatic rings. The molecule has 0 aromatic heterocycles. The maximum absolute atomic E-state index is 5.48. The third-order valence-electron chi connectivity index (χ3n) is 4.14. The first kappa shape index (κ1) is 17.6. The van der Waals surface area contributed by atoms with Gasteiger partial charge < -0.3 is 9.47 Å². The highest BCUT2D eigenvalue weighted by Gasteiger charge is 2.08. The molecule has 0 amide bonds. The summed E-state index contributed by atoms with van der Waals surface area (Å²) >= 11 is 0. The third kappa shape index (κ3) is 4.61. The maximum Gasteiger partial charge on any atom is 0.122 e. The SMILES string of the molecule is CCCc1cc([SiH2]c2ccc(OC)c(CCC)c2)ccc1OC. The fourth-order valence-electron chi connectivity index (χ4n) is 3.05. The van der Waals surface area contributed by atoms with Crippen molar-refractivity contribution in [2.45, 2.75) is 39.5 Å². The summed E-state index contributed by atoms with van der Waals surface area (Å²) in [6.45, 7) is 4.42. The normalized spacial score (nSPS) is 10.6. The van der Waals surface area contributed by atoms with Gasteiger partial charge in [-0.25, -0.2) is 0 Å². The van der Waals surface area contributed by atoms with Gasteiger partial charge >= 0.3 is 0 Å². The molecule has 0 saturated heterocycles. The van der Waals surface area contributed by atoms with Crippen LogP contribution in [0, 0.1) is 0 Å². The van der Waals surface area contributed by atoms with Gasteiger partial charge in [0.2, 0.25) is 0 Å². The van der Waals surface area contributed by atoms with E-state index < -0.39 is 9.52 Å². The lowest BCUT2D eigenvalue weighted by molar-refractivity contribution is 0.409. The van der Waals surface area contributed by atoms with Crippen molar-refractivity contribution in [2.24, 2.45) is 0 Å². The predicted octanol–water partition coefficient (Wildman–Crippen LogP) is 2.73. The average Bonchev–Trinajstić information content (AvgIpc) is 2.56. The van der Waals surface area contributed by atoms with Crippen LogP contribution >= 0.6 is 0 Å². The van der Waals surface area contributed by atoms with Crippen molar-refractivity contribution < 1.29 is 9.47 Å². The summed E-state index contributed by atoms with van der Waals surface area (Å²) in [7, 11) is 3.04. The molecule has 0 saturated carbocycles. The van der Waals surface area contributed by atoms with Gasteiger partial charge in [-0.15, -0.1) is 0 Å². The lowest BCUT2D eigenvalue weighted by Gasteiger charge is -2.12. The van der Waals surface area contributed by atoms with E-state index in [1.54, 1.807) is 14.2 Å². The number of rotatable bonds is 8. The van der Waals surface area contributed by atoms with Crippen molar-refractivity contribution in [3.8, 4) is 11.5 Å². The van der Waals surface area contributed by atoms with Crippen molar-refractivity contribution in [3.63, 3.8) is 0 Å². The number of ether oxygens (including phenoxy) is 2. The number of hydrogen-bond acceptors (Lipinski definition) is 2. The zero-order valence-electron chi connectivity index (χ0n) is 14.8. The highest BCUT2D eigenvalue weighted by atomic mass is 28.2. The van der Waals surface area contributed by atoms with E-state index in [2.05, 4.69) is 50.2 Å². The van der Waals surface area contributed by atoms with Crippen LogP contribution in [0.4, 0.5) is 0 Å². The molecule has 0 bridgehead atoms. The summed E-state index contributed by atoms with van der Waals surface area (Å²) in [5.74, 6) is 2.04. The molecule has 0 atom stereocenters. The maximum atomic E-state index is 5.48. The molecule has 23 heavy (non-hydrogen) atoms. The molecule has 0 fully saturated rings. The van der Waals surface area contributed by atoms with Crippen LogP contribution in [0.15, 0.2) is 36.4 Å². The van der Waals surface area contributed by atoms with E-state index >= 15 is 0 Å². The van der Waals surface area contributed by atoms with Crippen LogP contribution in [0.25, 0.3) is 0 Å². The monoisotopic (exact) mass is 328 g/mol. The van der Waals surface area contributed by atoms with Crippen LogP contribution in [0.1, 0.15) is 37.8 Å². The number of hydrogen-bond donors (Lipinski definition) is 0. The first-order valence-corrected chi connectivity index (χ1v) is 9.94. The Morgan fingerprint density at radius 3 is 1.52 bits per heavy atom. The van der Waals surface area contributed by atoms with Gasteiger partial charge in [0.25, 0.3) is 0 Å². The minimum absolute atomic E-state index is 0.469. The summed E-state index contributed by atoms with van der Waals surface area (Å²) in [6.07, 6.45) is 4.44. The van der Waals surface area contributed by atoms with E-state index in [0.717, 1.165) is 37.2 Å². The molecular weight excluding hydrogens is 300 g/mol. The first-order chi connectivity index (χ1) is 11.2. The Bertz CT molecular complexity index is 582. The van der Waals surface area contributed by atoms with E-state index in [-0.39, 0.29) is 0 Å². The van der Waals surface area contributed by atoms with E-state index in [1.807, 2.05) is 0 Å². The van der Waals surface area contributed by atoms with Gasteiger partial charge in [0, 0.05) is 0 Å². The quantitative estimate of drug-likeness (QED) is 0.694. The largest absolute Gasteiger partial charge is 0.496 e. The van der Waals surface area contributed by atoms with Crippen LogP contribution in [-0.4, -0.2) is 23.7 Å². The molecule has 3 heteroatoms. The minimum atomic E-state index is -0.469. The Balaban J connectivity index is 2.24. The van der Waals surface area contributed by atoms with Crippen molar-refractivity contribution in [1.82, 2.24) is 0 Å². The molecule has 0 spiro atoms. The Hall–Kier alpha value is -1.74. The molecule has 0 N–H and O–H groups in total. The van der Waals surface area contributed by atoms with Gasteiger partial charge in [-0.05, 0) is 36.1 Å². The summed E-state index contributed by atoms with van der Waals surface area (Å²) < 4.78 is 11.0.